The summed E-state index contributed by atoms with van der Waals surface area (Å²) in [6.07, 6.45) is 2.29. The molecule has 1 unspecified atom stereocenters. The molecular weight excluding hydrogens is 248 g/mol. The van der Waals surface area contributed by atoms with Gasteiger partial charge in [-0.15, -0.1) is 0 Å². The number of hydrogen-bond acceptors (Lipinski definition) is 2. The number of aryl methyl sites for hydroxylation is 1. The molecule has 2 rings (SSSR count). The van der Waals surface area contributed by atoms with E-state index in [1.54, 1.807) is 0 Å². The Bertz CT molecular complexity index is 467. The van der Waals surface area contributed by atoms with Gasteiger partial charge in [0.05, 0.1) is 6.10 Å². The number of hydrogen-bond donors (Lipinski definition) is 1. The molecule has 0 radical (unpaired) electrons. The maximum atomic E-state index is 9.98. The predicted molar refractivity (Wildman–Crippen MR) is 81.6 cm³/mol. The van der Waals surface area contributed by atoms with Crippen LogP contribution in [-0.4, -0.2) is 18.3 Å². The fourth-order valence-electron chi connectivity index (χ4n) is 2.16. The fourth-order valence-corrected chi connectivity index (χ4v) is 2.16. The van der Waals surface area contributed by atoms with Gasteiger partial charge >= 0.3 is 0 Å². The molecule has 0 amide bonds. The van der Waals surface area contributed by atoms with Crippen LogP contribution in [0.25, 0.3) is 0 Å². The average Bonchev–Trinajstić information content (AvgIpc) is 2.52. The van der Waals surface area contributed by atoms with Crippen LogP contribution in [0.3, 0.4) is 0 Å². The first-order valence-corrected chi connectivity index (χ1v) is 7.21. The van der Waals surface area contributed by atoms with E-state index in [1.165, 1.54) is 5.56 Å². The van der Waals surface area contributed by atoms with Crippen LogP contribution < -0.4 is 0 Å². The van der Waals surface area contributed by atoms with Crippen molar-refractivity contribution in [2.24, 2.45) is 0 Å². The standard InChI is InChI=1S/C18H22O2/c19-18(17-11-5-2-6-12-17)13-15-20-14-7-10-16-8-3-1-4-9-16/h1-6,8-9,11-12,18-19H,7,10,13-15H2. The second-order valence-electron chi connectivity index (χ2n) is 4.92. The van der Waals surface area contributed by atoms with Crippen LogP contribution in [0.15, 0.2) is 60.7 Å². The molecule has 0 aromatic heterocycles. The second-order valence-corrected chi connectivity index (χ2v) is 4.92. The molecule has 0 spiro atoms. The lowest BCUT2D eigenvalue weighted by atomic mass is 10.1. The molecule has 0 fully saturated rings. The molecule has 0 heterocycles. The Balaban J connectivity index is 1.56. The molecule has 20 heavy (non-hydrogen) atoms. The summed E-state index contributed by atoms with van der Waals surface area (Å²) >= 11 is 0. The Morgan fingerprint density at radius 3 is 2.20 bits per heavy atom. The quantitative estimate of drug-likeness (QED) is 0.740. The van der Waals surface area contributed by atoms with Gasteiger partial charge in [-0.3, -0.25) is 0 Å². The molecule has 2 heteroatoms. The van der Waals surface area contributed by atoms with Crippen LogP contribution in [0.5, 0.6) is 0 Å². The van der Waals surface area contributed by atoms with Crippen molar-refractivity contribution in [3.63, 3.8) is 0 Å². The van der Waals surface area contributed by atoms with Crippen molar-refractivity contribution < 1.29 is 9.84 Å². The van der Waals surface area contributed by atoms with E-state index in [2.05, 4.69) is 24.3 Å². The molecule has 0 aliphatic carbocycles. The predicted octanol–water partition coefficient (Wildman–Crippen LogP) is 3.76. The van der Waals surface area contributed by atoms with Gasteiger partial charge in [0.1, 0.15) is 0 Å². The Labute approximate surface area is 121 Å². The topological polar surface area (TPSA) is 29.5 Å². The highest BCUT2D eigenvalue weighted by Crippen LogP contribution is 2.15. The Morgan fingerprint density at radius 2 is 1.50 bits per heavy atom. The Hall–Kier alpha value is -1.64. The second kappa shape index (κ2) is 8.51. The van der Waals surface area contributed by atoms with Gasteiger partial charge in [-0.05, 0) is 24.0 Å². The minimum atomic E-state index is -0.426. The molecule has 2 nitrogen and oxygen atoms in total. The lowest BCUT2D eigenvalue weighted by Gasteiger charge is -2.11. The third-order valence-electron chi connectivity index (χ3n) is 3.32. The molecular formula is C18H22O2. The molecule has 2 aromatic carbocycles. The van der Waals surface area contributed by atoms with Crippen LogP contribution in [0, 0.1) is 0 Å². The van der Waals surface area contributed by atoms with Crippen LogP contribution in [0.1, 0.15) is 30.1 Å². The highest BCUT2D eigenvalue weighted by Gasteiger charge is 2.05. The monoisotopic (exact) mass is 270 g/mol. The maximum Gasteiger partial charge on any atom is 0.0812 e. The third kappa shape index (κ3) is 5.16. The number of aliphatic hydroxyl groups excluding tert-OH is 1. The summed E-state index contributed by atoms with van der Waals surface area (Å²) in [5.74, 6) is 0. The summed E-state index contributed by atoms with van der Waals surface area (Å²) in [6, 6.07) is 20.2. The van der Waals surface area contributed by atoms with Crippen molar-refractivity contribution in [2.45, 2.75) is 25.4 Å². The van der Waals surface area contributed by atoms with E-state index in [-0.39, 0.29) is 0 Å². The van der Waals surface area contributed by atoms with Gasteiger partial charge in [0, 0.05) is 19.6 Å². The first kappa shape index (κ1) is 14.8. The van der Waals surface area contributed by atoms with Crippen molar-refractivity contribution in [3.05, 3.63) is 71.8 Å². The van der Waals surface area contributed by atoms with Crippen LogP contribution in [-0.2, 0) is 11.2 Å². The summed E-state index contributed by atoms with van der Waals surface area (Å²) in [5, 5.41) is 9.98. The third-order valence-corrected chi connectivity index (χ3v) is 3.32. The lowest BCUT2D eigenvalue weighted by molar-refractivity contribution is 0.0808. The number of benzene rings is 2. The van der Waals surface area contributed by atoms with Gasteiger partial charge in [-0.1, -0.05) is 60.7 Å². The summed E-state index contributed by atoms with van der Waals surface area (Å²) in [4.78, 5) is 0. The zero-order chi connectivity index (χ0) is 14.0. The summed E-state index contributed by atoms with van der Waals surface area (Å²) in [6.45, 7) is 1.35. The average molecular weight is 270 g/mol. The van der Waals surface area contributed by atoms with E-state index in [0.717, 1.165) is 25.0 Å². The summed E-state index contributed by atoms with van der Waals surface area (Å²) in [7, 11) is 0. The van der Waals surface area contributed by atoms with Crippen LogP contribution in [0.2, 0.25) is 0 Å². The summed E-state index contributed by atoms with van der Waals surface area (Å²) in [5.41, 5.74) is 2.31. The number of aliphatic hydroxyl groups is 1. The molecule has 0 aliphatic rings. The molecule has 1 atom stereocenters. The van der Waals surface area contributed by atoms with Gasteiger partial charge in [0.2, 0.25) is 0 Å². The van der Waals surface area contributed by atoms with E-state index in [0.29, 0.717) is 13.0 Å². The van der Waals surface area contributed by atoms with Gasteiger partial charge in [0.25, 0.3) is 0 Å². The van der Waals surface area contributed by atoms with E-state index in [9.17, 15) is 5.11 Å². The van der Waals surface area contributed by atoms with Crippen LogP contribution >= 0.6 is 0 Å². The summed E-state index contributed by atoms with van der Waals surface area (Å²) < 4.78 is 5.59. The van der Waals surface area contributed by atoms with Crippen LogP contribution in [0.4, 0.5) is 0 Å². The van der Waals surface area contributed by atoms with E-state index in [1.807, 2.05) is 36.4 Å². The SMILES string of the molecule is OC(CCOCCCc1ccccc1)c1ccccc1. The molecule has 0 saturated carbocycles. The smallest absolute Gasteiger partial charge is 0.0812 e. The minimum absolute atomic E-state index is 0.426. The molecule has 1 N–H and O–H groups in total. The van der Waals surface area contributed by atoms with Crippen molar-refractivity contribution in [1.29, 1.82) is 0 Å². The first-order chi connectivity index (χ1) is 9.86. The van der Waals surface area contributed by atoms with Crippen molar-refractivity contribution in [3.8, 4) is 0 Å². The van der Waals surface area contributed by atoms with Crippen molar-refractivity contribution in [2.75, 3.05) is 13.2 Å². The Morgan fingerprint density at radius 1 is 0.850 bits per heavy atom. The number of rotatable bonds is 8. The molecule has 0 saturated heterocycles. The van der Waals surface area contributed by atoms with Crippen molar-refractivity contribution in [1.82, 2.24) is 0 Å². The van der Waals surface area contributed by atoms with Gasteiger partial charge in [-0.2, -0.15) is 0 Å². The van der Waals surface area contributed by atoms with E-state index >= 15 is 0 Å². The molecule has 0 bridgehead atoms. The normalized spacial score (nSPS) is 12.2. The van der Waals surface area contributed by atoms with E-state index in [4.69, 9.17) is 4.74 Å². The maximum absolute atomic E-state index is 9.98. The van der Waals surface area contributed by atoms with Crippen molar-refractivity contribution >= 4 is 0 Å². The van der Waals surface area contributed by atoms with Gasteiger partial charge < -0.3 is 9.84 Å². The number of ether oxygens (including phenoxy) is 1. The zero-order valence-corrected chi connectivity index (χ0v) is 11.7. The van der Waals surface area contributed by atoms with E-state index < -0.39 is 6.10 Å². The largest absolute Gasteiger partial charge is 0.388 e. The van der Waals surface area contributed by atoms with Gasteiger partial charge in [0.15, 0.2) is 0 Å². The highest BCUT2D eigenvalue weighted by atomic mass is 16.5. The Kier molecular flexibility index (Phi) is 6.28. The highest BCUT2D eigenvalue weighted by molar-refractivity contribution is 5.17. The first-order valence-electron chi connectivity index (χ1n) is 7.21. The minimum Gasteiger partial charge on any atom is -0.388 e. The fraction of sp³-hybridized carbons (Fsp3) is 0.333. The molecule has 2 aromatic rings. The molecule has 106 valence electrons. The molecule has 0 aliphatic heterocycles. The zero-order valence-electron chi connectivity index (χ0n) is 11.7. The van der Waals surface area contributed by atoms with Gasteiger partial charge in [-0.25, -0.2) is 0 Å². The lowest BCUT2D eigenvalue weighted by Crippen LogP contribution is -2.04.